The minimum Gasteiger partial charge on any atom is -0.497 e. The van der Waals surface area contributed by atoms with E-state index in [-0.39, 0.29) is 6.04 Å². The van der Waals surface area contributed by atoms with Crippen molar-refractivity contribution in [3.8, 4) is 17.1 Å². The lowest BCUT2D eigenvalue weighted by Crippen LogP contribution is -2.39. The fraction of sp³-hybridized carbons (Fsp3) is 0.556. The Kier molecular flexibility index (Phi) is 4.49. The highest BCUT2D eigenvalue weighted by molar-refractivity contribution is 5.56. The van der Waals surface area contributed by atoms with Gasteiger partial charge in [-0.2, -0.15) is 4.98 Å². The van der Waals surface area contributed by atoms with Crippen LogP contribution in [-0.4, -0.2) is 48.0 Å². The molecule has 4 rings (SSSR count). The van der Waals surface area contributed by atoms with Gasteiger partial charge in [-0.1, -0.05) is 17.3 Å². The molecule has 3 heterocycles. The van der Waals surface area contributed by atoms with Crippen LogP contribution in [0.3, 0.4) is 0 Å². The normalized spacial score (nSPS) is 22.8. The molecule has 2 aliphatic rings. The third-order valence-corrected chi connectivity index (χ3v) is 5.01. The molecule has 128 valence electrons. The number of hydrogen-bond donors (Lipinski definition) is 0. The molecule has 2 aromatic rings. The molecule has 1 aromatic heterocycles. The van der Waals surface area contributed by atoms with E-state index >= 15 is 0 Å². The molecule has 24 heavy (non-hydrogen) atoms. The molecule has 0 amide bonds. The summed E-state index contributed by atoms with van der Waals surface area (Å²) in [6.45, 7) is 2.81. The van der Waals surface area contributed by atoms with Gasteiger partial charge in [-0.3, -0.25) is 4.90 Å². The van der Waals surface area contributed by atoms with Crippen LogP contribution in [0.2, 0.25) is 0 Å². The molecule has 0 spiro atoms. The first-order valence-electron chi connectivity index (χ1n) is 8.66. The molecule has 0 aliphatic carbocycles. The van der Waals surface area contributed by atoms with E-state index in [4.69, 9.17) is 14.0 Å². The molecule has 2 saturated heterocycles. The average molecular weight is 329 g/mol. The molecule has 6 heteroatoms. The zero-order valence-corrected chi connectivity index (χ0v) is 14.0. The zero-order chi connectivity index (χ0) is 16.4. The van der Waals surface area contributed by atoms with Crippen molar-refractivity contribution in [1.82, 2.24) is 15.0 Å². The van der Waals surface area contributed by atoms with Crippen molar-refractivity contribution in [1.29, 1.82) is 0 Å². The van der Waals surface area contributed by atoms with E-state index in [0.29, 0.717) is 11.9 Å². The van der Waals surface area contributed by atoms with E-state index in [1.54, 1.807) is 7.11 Å². The summed E-state index contributed by atoms with van der Waals surface area (Å²) in [5.41, 5.74) is 0.917. The van der Waals surface area contributed by atoms with Crippen LogP contribution in [0.5, 0.6) is 5.75 Å². The van der Waals surface area contributed by atoms with Crippen molar-refractivity contribution in [2.24, 2.45) is 0 Å². The first-order chi connectivity index (χ1) is 11.8. The van der Waals surface area contributed by atoms with Gasteiger partial charge in [0.05, 0.1) is 13.2 Å². The number of hydrogen-bond acceptors (Lipinski definition) is 6. The molecular weight excluding hydrogens is 306 g/mol. The summed E-state index contributed by atoms with van der Waals surface area (Å²) in [5, 5.41) is 4.19. The molecule has 1 aromatic carbocycles. The van der Waals surface area contributed by atoms with Crippen molar-refractivity contribution < 1.29 is 14.0 Å². The lowest BCUT2D eigenvalue weighted by Gasteiger charge is -2.33. The summed E-state index contributed by atoms with van der Waals surface area (Å²) in [7, 11) is 1.66. The van der Waals surface area contributed by atoms with E-state index in [1.807, 2.05) is 24.3 Å². The Morgan fingerprint density at radius 2 is 2.08 bits per heavy atom. The quantitative estimate of drug-likeness (QED) is 0.859. The fourth-order valence-electron chi connectivity index (χ4n) is 3.76. The van der Waals surface area contributed by atoms with Gasteiger partial charge in [0.2, 0.25) is 11.7 Å². The Morgan fingerprint density at radius 1 is 1.21 bits per heavy atom. The fourth-order valence-corrected chi connectivity index (χ4v) is 3.76. The van der Waals surface area contributed by atoms with Crippen molar-refractivity contribution >= 4 is 0 Å². The van der Waals surface area contributed by atoms with Gasteiger partial charge in [0, 0.05) is 24.8 Å². The van der Waals surface area contributed by atoms with Gasteiger partial charge < -0.3 is 14.0 Å². The smallest absolute Gasteiger partial charge is 0.244 e. The van der Waals surface area contributed by atoms with E-state index in [1.165, 1.54) is 6.42 Å². The number of methoxy groups -OCH3 is 1. The second kappa shape index (κ2) is 6.91. The largest absolute Gasteiger partial charge is 0.497 e. The number of nitrogens with zero attached hydrogens (tertiary/aromatic N) is 3. The third kappa shape index (κ3) is 3.03. The Hall–Kier alpha value is -1.92. The van der Waals surface area contributed by atoms with Crippen LogP contribution in [0.1, 0.15) is 37.6 Å². The number of benzene rings is 1. The third-order valence-electron chi connectivity index (χ3n) is 5.01. The second-order valence-corrected chi connectivity index (χ2v) is 6.43. The van der Waals surface area contributed by atoms with Crippen LogP contribution in [0.15, 0.2) is 28.8 Å². The lowest BCUT2D eigenvalue weighted by atomic mass is 10.1. The van der Waals surface area contributed by atoms with E-state index < -0.39 is 0 Å². The van der Waals surface area contributed by atoms with Gasteiger partial charge in [-0.25, -0.2) is 0 Å². The van der Waals surface area contributed by atoms with Crippen molar-refractivity contribution in [2.45, 2.75) is 37.8 Å². The molecule has 1 unspecified atom stereocenters. The molecule has 0 bridgehead atoms. The summed E-state index contributed by atoms with van der Waals surface area (Å²) >= 11 is 0. The van der Waals surface area contributed by atoms with Crippen LogP contribution < -0.4 is 4.74 Å². The summed E-state index contributed by atoms with van der Waals surface area (Å²) in [6.07, 6.45) is 4.44. The van der Waals surface area contributed by atoms with Crippen molar-refractivity contribution in [3.05, 3.63) is 30.2 Å². The predicted molar refractivity (Wildman–Crippen MR) is 88.8 cm³/mol. The SMILES string of the molecule is COc1cccc(-c2noc(C3CCCN3C3CCOCC3)n2)c1. The summed E-state index contributed by atoms with van der Waals surface area (Å²) in [6, 6.07) is 8.56. The zero-order valence-electron chi connectivity index (χ0n) is 14.0. The summed E-state index contributed by atoms with van der Waals surface area (Å²) in [5.74, 6) is 2.16. The van der Waals surface area contributed by atoms with Gasteiger partial charge in [-0.15, -0.1) is 0 Å². The average Bonchev–Trinajstić information content (AvgIpc) is 3.31. The Bertz CT molecular complexity index is 682. The van der Waals surface area contributed by atoms with E-state index in [0.717, 1.165) is 56.2 Å². The molecule has 2 aliphatic heterocycles. The van der Waals surface area contributed by atoms with E-state index in [2.05, 4.69) is 15.0 Å². The second-order valence-electron chi connectivity index (χ2n) is 6.43. The van der Waals surface area contributed by atoms with Gasteiger partial charge in [0.15, 0.2) is 0 Å². The molecule has 1 atom stereocenters. The topological polar surface area (TPSA) is 60.6 Å². The highest BCUT2D eigenvalue weighted by Gasteiger charge is 2.36. The van der Waals surface area contributed by atoms with Crippen LogP contribution in [-0.2, 0) is 4.74 Å². The van der Waals surface area contributed by atoms with Gasteiger partial charge in [0.1, 0.15) is 5.75 Å². The maximum atomic E-state index is 5.62. The highest BCUT2D eigenvalue weighted by atomic mass is 16.5. The molecule has 2 fully saturated rings. The maximum Gasteiger partial charge on any atom is 0.244 e. The molecular formula is C18H23N3O3. The number of ether oxygens (including phenoxy) is 2. The first-order valence-corrected chi connectivity index (χ1v) is 8.66. The lowest BCUT2D eigenvalue weighted by molar-refractivity contribution is 0.0243. The Balaban J connectivity index is 1.55. The summed E-state index contributed by atoms with van der Waals surface area (Å²) in [4.78, 5) is 7.21. The minimum atomic E-state index is 0.236. The van der Waals surface area contributed by atoms with Crippen LogP contribution in [0, 0.1) is 0 Å². The minimum absolute atomic E-state index is 0.236. The molecule has 0 N–H and O–H groups in total. The van der Waals surface area contributed by atoms with E-state index in [9.17, 15) is 0 Å². The summed E-state index contributed by atoms with van der Waals surface area (Å²) < 4.78 is 16.4. The van der Waals surface area contributed by atoms with Crippen LogP contribution in [0.25, 0.3) is 11.4 Å². The van der Waals surface area contributed by atoms with Gasteiger partial charge in [0.25, 0.3) is 0 Å². The predicted octanol–water partition coefficient (Wildman–Crippen LogP) is 3.06. The highest BCUT2D eigenvalue weighted by Crippen LogP contribution is 2.36. The van der Waals surface area contributed by atoms with Gasteiger partial charge >= 0.3 is 0 Å². The van der Waals surface area contributed by atoms with Crippen LogP contribution in [0.4, 0.5) is 0 Å². The maximum absolute atomic E-state index is 5.62. The Labute approximate surface area is 141 Å². The number of aromatic nitrogens is 2. The standard InChI is InChI=1S/C18H23N3O3/c1-22-15-5-2-4-13(12-15)17-19-18(24-20-17)16-6-3-9-21(16)14-7-10-23-11-8-14/h2,4-5,12,14,16H,3,6-11H2,1H3. The van der Waals surface area contributed by atoms with Crippen molar-refractivity contribution in [2.75, 3.05) is 26.9 Å². The Morgan fingerprint density at radius 3 is 2.92 bits per heavy atom. The molecule has 6 nitrogen and oxygen atoms in total. The van der Waals surface area contributed by atoms with Crippen molar-refractivity contribution in [3.63, 3.8) is 0 Å². The van der Waals surface area contributed by atoms with Gasteiger partial charge in [-0.05, 0) is 44.4 Å². The number of likely N-dealkylation sites (tertiary alicyclic amines) is 1. The first kappa shape index (κ1) is 15.6. The van der Waals surface area contributed by atoms with Crippen LogP contribution >= 0.6 is 0 Å². The molecule has 0 radical (unpaired) electrons. The monoisotopic (exact) mass is 329 g/mol. The number of rotatable bonds is 4. The molecule has 0 saturated carbocycles.